The average Bonchev–Trinajstić information content (AvgIpc) is 2.79. The number of ether oxygens (including phenoxy) is 2. The van der Waals surface area contributed by atoms with Gasteiger partial charge in [0.15, 0.2) is 5.78 Å². The number of hydrogen-bond acceptors (Lipinski definition) is 6. The van der Waals surface area contributed by atoms with Gasteiger partial charge in [0.05, 0.1) is 6.61 Å². The van der Waals surface area contributed by atoms with E-state index in [9.17, 15) is 14.4 Å². The first kappa shape index (κ1) is 25.6. The van der Waals surface area contributed by atoms with E-state index in [4.69, 9.17) is 19.7 Å². The van der Waals surface area contributed by atoms with Crippen LogP contribution in [0.3, 0.4) is 0 Å². The number of aliphatic hydroxyl groups is 1. The average molecular weight is 456 g/mol. The Kier molecular flexibility index (Phi) is 10.1. The largest absolute Gasteiger partial charge is 0.491 e. The van der Waals surface area contributed by atoms with Crippen molar-refractivity contribution < 1.29 is 34.1 Å². The maximum absolute atomic E-state index is 12.7. The highest BCUT2D eigenvalue weighted by atomic mass is 16.6. The third-order valence-corrected chi connectivity index (χ3v) is 4.91. The molecule has 0 saturated carbocycles. The summed E-state index contributed by atoms with van der Waals surface area (Å²) in [4.78, 5) is 34.8. The first-order valence-electron chi connectivity index (χ1n) is 10.6. The highest BCUT2D eigenvalue weighted by molar-refractivity contribution is 5.95. The number of amides is 1. The summed E-state index contributed by atoms with van der Waals surface area (Å²) in [6.45, 7) is 3.29. The van der Waals surface area contributed by atoms with Gasteiger partial charge in [0.25, 0.3) is 0 Å². The minimum absolute atomic E-state index is 0.0746. The van der Waals surface area contributed by atoms with Gasteiger partial charge in [-0.05, 0) is 56.0 Å². The third-order valence-electron chi connectivity index (χ3n) is 4.91. The minimum Gasteiger partial charge on any atom is -0.491 e. The molecule has 0 saturated heterocycles. The molecule has 0 aliphatic carbocycles. The Hall–Kier alpha value is -3.65. The molecule has 2 rings (SSSR count). The van der Waals surface area contributed by atoms with E-state index in [-0.39, 0.29) is 24.9 Å². The highest BCUT2D eigenvalue weighted by Gasteiger charge is 2.26. The van der Waals surface area contributed by atoms with Crippen molar-refractivity contribution in [2.45, 2.75) is 32.8 Å². The molecule has 0 aliphatic rings. The number of anilines is 1. The molecule has 1 amide bonds. The second kappa shape index (κ2) is 13.0. The molecule has 176 valence electrons. The number of ketones is 1. The Morgan fingerprint density at radius 1 is 1.09 bits per heavy atom. The molecule has 2 atom stereocenters. The molecule has 0 aliphatic heterocycles. The molecule has 0 bridgehead atoms. The van der Waals surface area contributed by atoms with Crippen molar-refractivity contribution in [1.29, 1.82) is 0 Å². The number of carbonyl (C=O) groups excluding carboxylic acids is 2. The van der Waals surface area contributed by atoms with Gasteiger partial charge in [0.1, 0.15) is 18.5 Å². The van der Waals surface area contributed by atoms with Crippen molar-refractivity contribution in [2.24, 2.45) is 5.92 Å². The van der Waals surface area contributed by atoms with E-state index in [2.05, 4.69) is 5.32 Å². The zero-order valence-electron chi connectivity index (χ0n) is 18.7. The maximum atomic E-state index is 12.7. The normalized spacial score (nSPS) is 12.7. The van der Waals surface area contributed by atoms with E-state index in [0.29, 0.717) is 35.4 Å². The molecule has 0 aromatic heterocycles. The van der Waals surface area contributed by atoms with E-state index < -0.39 is 18.2 Å². The Labute approximate surface area is 192 Å². The number of carbonyl (C=O) groups is 3. The Bertz CT molecular complexity index is 969. The number of para-hydroxylation sites is 1. The van der Waals surface area contributed by atoms with Gasteiger partial charge >= 0.3 is 12.1 Å². The third kappa shape index (κ3) is 8.42. The molecule has 8 heteroatoms. The van der Waals surface area contributed by atoms with Gasteiger partial charge in [0, 0.05) is 22.9 Å². The van der Waals surface area contributed by atoms with Gasteiger partial charge < -0.3 is 19.7 Å². The number of hydrogen-bond donors (Lipinski definition) is 3. The van der Waals surface area contributed by atoms with E-state index in [1.165, 1.54) is 6.92 Å². The van der Waals surface area contributed by atoms with E-state index >= 15 is 0 Å². The molecule has 2 aromatic rings. The Balaban J connectivity index is 2.20. The lowest BCUT2D eigenvalue weighted by molar-refractivity contribution is -0.131. The molecule has 3 N–H and O–H groups in total. The van der Waals surface area contributed by atoms with Crippen molar-refractivity contribution in [1.82, 2.24) is 0 Å². The van der Waals surface area contributed by atoms with Crippen LogP contribution < -0.4 is 10.1 Å². The standard InChI is InChI=1S/C25H29NO7/c1-17(7-3-6-10-23(29)30)24(21-8-4-5-9-22(21)32-16-15-27)33-25(31)26-20-13-11-19(12-14-20)18(2)28/h4-6,8-14,17,24,27H,3,7,15-16H2,1-2H3,(H,26,31)(H,29,30)/b10-6+/t17-,24-/m0/s1. The van der Waals surface area contributed by atoms with Crippen LogP contribution in [0.4, 0.5) is 10.5 Å². The van der Waals surface area contributed by atoms with Crippen molar-refractivity contribution in [3.05, 3.63) is 71.8 Å². The summed E-state index contributed by atoms with van der Waals surface area (Å²) in [5.41, 5.74) is 1.65. The van der Waals surface area contributed by atoms with Gasteiger partial charge in [-0.25, -0.2) is 9.59 Å². The molecule has 33 heavy (non-hydrogen) atoms. The van der Waals surface area contributed by atoms with Crippen LogP contribution in [0.1, 0.15) is 48.7 Å². The number of benzene rings is 2. The Morgan fingerprint density at radius 3 is 2.42 bits per heavy atom. The van der Waals surface area contributed by atoms with Crippen LogP contribution in [-0.2, 0) is 9.53 Å². The van der Waals surface area contributed by atoms with E-state index in [1.54, 1.807) is 54.6 Å². The number of aliphatic carboxylic acids is 1. The number of carboxylic acid groups (broad SMARTS) is 1. The van der Waals surface area contributed by atoms with Crippen LogP contribution in [0.5, 0.6) is 5.75 Å². The SMILES string of the molecule is CC(=O)c1ccc(NC(=O)O[C@H](c2ccccc2OCCO)[C@@H](C)CC/C=C/C(=O)O)cc1. The molecule has 0 fully saturated rings. The fourth-order valence-corrected chi connectivity index (χ4v) is 3.23. The Morgan fingerprint density at radius 2 is 1.79 bits per heavy atom. The van der Waals surface area contributed by atoms with Crippen LogP contribution in [0.15, 0.2) is 60.7 Å². The second-order valence-corrected chi connectivity index (χ2v) is 7.49. The van der Waals surface area contributed by atoms with Gasteiger partial charge in [-0.2, -0.15) is 0 Å². The number of allylic oxidation sites excluding steroid dienone is 1. The van der Waals surface area contributed by atoms with Crippen LogP contribution in [0.25, 0.3) is 0 Å². The van der Waals surface area contributed by atoms with Crippen molar-refractivity contribution in [3.63, 3.8) is 0 Å². The number of Topliss-reactive ketones (excluding diaryl/α,β-unsaturated/α-hetero) is 1. The smallest absolute Gasteiger partial charge is 0.412 e. The molecule has 0 spiro atoms. The number of aliphatic hydroxyl groups excluding tert-OH is 1. The monoisotopic (exact) mass is 455 g/mol. The maximum Gasteiger partial charge on any atom is 0.412 e. The number of nitrogens with one attached hydrogen (secondary N) is 1. The van der Waals surface area contributed by atoms with E-state index in [0.717, 1.165) is 6.08 Å². The molecule has 0 unspecified atom stereocenters. The molecule has 0 radical (unpaired) electrons. The van der Waals surface area contributed by atoms with E-state index in [1.807, 2.05) is 6.92 Å². The van der Waals surface area contributed by atoms with Crippen LogP contribution >= 0.6 is 0 Å². The number of rotatable bonds is 12. The molecule has 2 aromatic carbocycles. The lowest BCUT2D eigenvalue weighted by Crippen LogP contribution is -2.22. The van der Waals surface area contributed by atoms with Crippen LogP contribution in [0.2, 0.25) is 0 Å². The summed E-state index contributed by atoms with van der Waals surface area (Å²) in [7, 11) is 0. The van der Waals surface area contributed by atoms with Gasteiger partial charge in [0.2, 0.25) is 0 Å². The quantitative estimate of drug-likeness (QED) is 0.316. The summed E-state index contributed by atoms with van der Waals surface area (Å²) >= 11 is 0. The predicted octanol–water partition coefficient (Wildman–Crippen LogP) is 4.61. The fraction of sp³-hybridized carbons (Fsp3) is 0.320. The molecule has 8 nitrogen and oxygen atoms in total. The summed E-state index contributed by atoms with van der Waals surface area (Å²) < 4.78 is 11.4. The highest BCUT2D eigenvalue weighted by Crippen LogP contribution is 2.35. The summed E-state index contributed by atoms with van der Waals surface area (Å²) in [6.07, 6.45) is 2.32. The van der Waals surface area contributed by atoms with Crippen LogP contribution in [-0.4, -0.2) is 41.3 Å². The van der Waals surface area contributed by atoms with Gasteiger partial charge in [-0.1, -0.05) is 31.2 Å². The van der Waals surface area contributed by atoms with Crippen molar-refractivity contribution in [3.8, 4) is 5.75 Å². The molecular formula is C25H29NO7. The molecule has 0 heterocycles. The van der Waals surface area contributed by atoms with Crippen molar-refractivity contribution >= 4 is 23.5 Å². The first-order chi connectivity index (χ1) is 15.8. The zero-order valence-corrected chi connectivity index (χ0v) is 18.7. The summed E-state index contributed by atoms with van der Waals surface area (Å²) in [6, 6.07) is 13.6. The lowest BCUT2D eigenvalue weighted by Gasteiger charge is -2.26. The predicted molar refractivity (Wildman–Crippen MR) is 123 cm³/mol. The minimum atomic E-state index is -1.02. The van der Waals surface area contributed by atoms with Crippen LogP contribution in [0, 0.1) is 5.92 Å². The fourth-order valence-electron chi connectivity index (χ4n) is 3.23. The zero-order chi connectivity index (χ0) is 24.2. The van der Waals surface area contributed by atoms with Crippen molar-refractivity contribution in [2.75, 3.05) is 18.5 Å². The molecular weight excluding hydrogens is 426 g/mol. The number of carboxylic acids is 1. The lowest BCUT2D eigenvalue weighted by atomic mass is 9.92. The first-order valence-corrected chi connectivity index (χ1v) is 10.6. The van der Waals surface area contributed by atoms with Gasteiger partial charge in [-0.3, -0.25) is 10.1 Å². The second-order valence-electron chi connectivity index (χ2n) is 7.49. The topological polar surface area (TPSA) is 122 Å². The summed E-state index contributed by atoms with van der Waals surface area (Å²) in [5.74, 6) is -0.779. The van der Waals surface area contributed by atoms with Gasteiger partial charge in [-0.15, -0.1) is 0 Å². The summed E-state index contributed by atoms with van der Waals surface area (Å²) in [5, 5.41) is 20.6.